The zero-order chi connectivity index (χ0) is 9.26. The Labute approximate surface area is 81.6 Å². The van der Waals surface area contributed by atoms with E-state index in [2.05, 4.69) is 16.2 Å². The normalized spacial score (nSPS) is 10.3. The van der Waals surface area contributed by atoms with E-state index in [-0.39, 0.29) is 0 Å². The van der Waals surface area contributed by atoms with Crippen LogP contribution in [-0.4, -0.2) is 9.97 Å². The van der Waals surface area contributed by atoms with Gasteiger partial charge in [0.15, 0.2) is 0 Å². The molecule has 0 spiro atoms. The molecule has 0 fully saturated rings. The molecule has 2 aromatic rings. The maximum Gasteiger partial charge on any atom is 0.138 e. The van der Waals surface area contributed by atoms with Crippen LogP contribution >= 0.6 is 11.6 Å². The molecule has 0 saturated heterocycles. The third-order valence-corrected chi connectivity index (χ3v) is 1.97. The van der Waals surface area contributed by atoms with Crippen molar-refractivity contribution in [2.45, 2.75) is 6.92 Å². The molecule has 1 aromatic heterocycles. The standard InChI is InChI=1S/C10H8ClN2/c1-7-6-12-10(13-7)8-3-2-4-9(11)5-8/h2-5H,1H3,(H,12,13). The van der Waals surface area contributed by atoms with Gasteiger partial charge in [-0.05, 0) is 19.1 Å². The molecule has 0 amide bonds. The van der Waals surface area contributed by atoms with Gasteiger partial charge in [0.1, 0.15) is 12.0 Å². The second-order valence-corrected chi connectivity index (χ2v) is 3.27. The monoisotopic (exact) mass is 191 g/mol. The number of hydrogen-bond donors (Lipinski definition) is 1. The zero-order valence-electron chi connectivity index (χ0n) is 7.13. The van der Waals surface area contributed by atoms with Gasteiger partial charge in [-0.3, -0.25) is 0 Å². The van der Waals surface area contributed by atoms with Crippen LogP contribution in [0.2, 0.25) is 5.02 Å². The van der Waals surface area contributed by atoms with Gasteiger partial charge in [-0.2, -0.15) is 0 Å². The highest BCUT2D eigenvalue weighted by Gasteiger charge is 2.01. The first kappa shape index (κ1) is 8.32. The van der Waals surface area contributed by atoms with Crippen LogP contribution in [0.15, 0.2) is 24.3 Å². The molecule has 2 nitrogen and oxygen atoms in total. The lowest BCUT2D eigenvalue weighted by Crippen LogP contribution is -1.79. The Hall–Kier alpha value is -1.28. The minimum Gasteiger partial charge on any atom is -0.341 e. The highest BCUT2D eigenvalue weighted by Crippen LogP contribution is 2.19. The Morgan fingerprint density at radius 3 is 2.92 bits per heavy atom. The maximum atomic E-state index is 5.85. The first-order valence-corrected chi connectivity index (χ1v) is 4.34. The second kappa shape index (κ2) is 3.23. The largest absolute Gasteiger partial charge is 0.341 e. The SMILES string of the molecule is Cc1[c]nc(-c2cccc(Cl)c2)[nH]1. The number of halogens is 1. The van der Waals surface area contributed by atoms with Crippen LogP contribution in [0.4, 0.5) is 0 Å². The Kier molecular flexibility index (Phi) is 2.07. The van der Waals surface area contributed by atoms with E-state index in [0.717, 1.165) is 17.1 Å². The summed E-state index contributed by atoms with van der Waals surface area (Å²) in [6.45, 7) is 1.92. The number of hydrogen-bond acceptors (Lipinski definition) is 1. The summed E-state index contributed by atoms with van der Waals surface area (Å²) in [6, 6.07) is 7.56. The molecule has 1 N–H and O–H groups in total. The average Bonchev–Trinajstić information content (AvgIpc) is 2.52. The van der Waals surface area contributed by atoms with Gasteiger partial charge < -0.3 is 4.98 Å². The summed E-state index contributed by atoms with van der Waals surface area (Å²) in [5.74, 6) is 0.806. The van der Waals surface area contributed by atoms with E-state index in [9.17, 15) is 0 Å². The second-order valence-electron chi connectivity index (χ2n) is 2.83. The van der Waals surface area contributed by atoms with Crippen LogP contribution in [-0.2, 0) is 0 Å². The van der Waals surface area contributed by atoms with Crippen molar-refractivity contribution in [3.63, 3.8) is 0 Å². The van der Waals surface area contributed by atoms with E-state index >= 15 is 0 Å². The number of aryl methyl sites for hydroxylation is 1. The Balaban J connectivity index is 2.46. The van der Waals surface area contributed by atoms with Crippen LogP contribution in [0.5, 0.6) is 0 Å². The van der Waals surface area contributed by atoms with Gasteiger partial charge in [-0.1, -0.05) is 23.7 Å². The third-order valence-electron chi connectivity index (χ3n) is 1.74. The molecule has 0 atom stereocenters. The van der Waals surface area contributed by atoms with Gasteiger partial charge >= 0.3 is 0 Å². The molecule has 13 heavy (non-hydrogen) atoms. The minimum atomic E-state index is 0.714. The number of nitrogens with zero attached hydrogens (tertiary/aromatic N) is 1. The topological polar surface area (TPSA) is 28.7 Å². The fraction of sp³-hybridized carbons (Fsp3) is 0.100. The quantitative estimate of drug-likeness (QED) is 0.738. The first-order valence-electron chi connectivity index (χ1n) is 3.96. The van der Waals surface area contributed by atoms with Crippen molar-refractivity contribution < 1.29 is 0 Å². The smallest absolute Gasteiger partial charge is 0.138 e. The Morgan fingerprint density at radius 1 is 1.46 bits per heavy atom. The van der Waals surface area contributed by atoms with Gasteiger partial charge in [0.05, 0.1) is 0 Å². The number of benzene rings is 1. The highest BCUT2D eigenvalue weighted by molar-refractivity contribution is 6.30. The van der Waals surface area contributed by atoms with E-state index in [4.69, 9.17) is 11.6 Å². The third kappa shape index (κ3) is 1.73. The summed E-state index contributed by atoms with van der Waals surface area (Å²) in [4.78, 5) is 7.18. The van der Waals surface area contributed by atoms with Crippen LogP contribution in [0.1, 0.15) is 5.69 Å². The van der Waals surface area contributed by atoms with E-state index in [1.54, 1.807) is 0 Å². The van der Waals surface area contributed by atoms with Crippen molar-refractivity contribution in [3.8, 4) is 11.4 Å². The van der Waals surface area contributed by atoms with E-state index in [1.165, 1.54) is 0 Å². The van der Waals surface area contributed by atoms with Crippen LogP contribution < -0.4 is 0 Å². The van der Waals surface area contributed by atoms with Crippen LogP contribution in [0.3, 0.4) is 0 Å². The summed E-state index contributed by atoms with van der Waals surface area (Å²) in [7, 11) is 0. The zero-order valence-corrected chi connectivity index (χ0v) is 7.89. The molecule has 0 unspecified atom stereocenters. The molecule has 0 bridgehead atoms. The van der Waals surface area contributed by atoms with Crippen molar-refractivity contribution in [1.29, 1.82) is 0 Å². The van der Waals surface area contributed by atoms with E-state index in [0.29, 0.717) is 5.02 Å². The molecule has 3 heteroatoms. The molecule has 2 rings (SSSR count). The average molecular weight is 192 g/mol. The summed E-state index contributed by atoms with van der Waals surface area (Å²) in [5, 5.41) is 0.714. The molecule has 0 aliphatic rings. The van der Waals surface area contributed by atoms with Crippen molar-refractivity contribution in [2.24, 2.45) is 0 Å². The van der Waals surface area contributed by atoms with Gasteiger partial charge in [0, 0.05) is 16.3 Å². The molecular weight excluding hydrogens is 184 g/mol. The number of rotatable bonds is 1. The highest BCUT2D eigenvalue weighted by atomic mass is 35.5. The predicted molar refractivity (Wildman–Crippen MR) is 52.6 cm³/mol. The number of aromatic nitrogens is 2. The Morgan fingerprint density at radius 2 is 2.31 bits per heavy atom. The molecule has 1 heterocycles. The maximum absolute atomic E-state index is 5.85. The number of imidazole rings is 1. The first-order chi connectivity index (χ1) is 6.25. The summed E-state index contributed by atoms with van der Waals surface area (Å²) in [6.07, 6.45) is 2.84. The van der Waals surface area contributed by atoms with Gasteiger partial charge in [-0.25, -0.2) is 4.98 Å². The van der Waals surface area contributed by atoms with Crippen molar-refractivity contribution >= 4 is 11.6 Å². The molecule has 0 aliphatic carbocycles. The summed E-state index contributed by atoms with van der Waals surface area (Å²) >= 11 is 5.85. The lowest BCUT2D eigenvalue weighted by Gasteiger charge is -1.96. The molecule has 0 saturated carbocycles. The van der Waals surface area contributed by atoms with Crippen molar-refractivity contribution in [3.05, 3.63) is 41.2 Å². The molecule has 1 radical (unpaired) electrons. The van der Waals surface area contributed by atoms with E-state index < -0.39 is 0 Å². The van der Waals surface area contributed by atoms with Gasteiger partial charge in [0.2, 0.25) is 0 Å². The molecule has 0 aliphatic heterocycles. The van der Waals surface area contributed by atoms with Gasteiger partial charge in [-0.15, -0.1) is 0 Å². The molecule has 65 valence electrons. The van der Waals surface area contributed by atoms with Gasteiger partial charge in [0.25, 0.3) is 0 Å². The summed E-state index contributed by atoms with van der Waals surface area (Å²) < 4.78 is 0. The van der Waals surface area contributed by atoms with Crippen molar-refractivity contribution in [1.82, 2.24) is 9.97 Å². The van der Waals surface area contributed by atoms with Crippen molar-refractivity contribution in [2.75, 3.05) is 0 Å². The fourth-order valence-corrected chi connectivity index (χ4v) is 1.34. The minimum absolute atomic E-state index is 0.714. The molecule has 1 aromatic carbocycles. The Bertz CT molecular complexity index is 420. The van der Waals surface area contributed by atoms with E-state index in [1.807, 2.05) is 31.2 Å². The number of aromatic amines is 1. The number of nitrogens with one attached hydrogen (secondary N) is 1. The van der Waals surface area contributed by atoms with Crippen LogP contribution in [0, 0.1) is 13.1 Å². The lowest BCUT2D eigenvalue weighted by molar-refractivity contribution is 1.25. The fourth-order valence-electron chi connectivity index (χ4n) is 1.15. The summed E-state index contributed by atoms with van der Waals surface area (Å²) in [5.41, 5.74) is 1.91. The number of H-pyrrole nitrogens is 1. The molecular formula is C10H8ClN2. The predicted octanol–water partition coefficient (Wildman–Crippen LogP) is 2.84. The van der Waals surface area contributed by atoms with Crippen LogP contribution in [0.25, 0.3) is 11.4 Å². The lowest BCUT2D eigenvalue weighted by atomic mass is 10.2.